The van der Waals surface area contributed by atoms with Crippen molar-refractivity contribution in [1.82, 2.24) is 4.90 Å². The molecule has 31 heavy (non-hydrogen) atoms. The van der Waals surface area contributed by atoms with Gasteiger partial charge in [-0.15, -0.1) is 0 Å². The smallest absolute Gasteiger partial charge is 0.256 e. The van der Waals surface area contributed by atoms with Crippen molar-refractivity contribution in [3.63, 3.8) is 0 Å². The molecule has 0 N–H and O–H groups in total. The molecule has 6 heteroatoms. The Morgan fingerprint density at radius 2 is 1.71 bits per heavy atom. The molecule has 0 atom stereocenters. The molecule has 0 spiro atoms. The van der Waals surface area contributed by atoms with Gasteiger partial charge >= 0.3 is 0 Å². The average Bonchev–Trinajstić information content (AvgIpc) is 2.78. The van der Waals surface area contributed by atoms with Crippen LogP contribution >= 0.6 is 0 Å². The molecule has 0 radical (unpaired) electrons. The van der Waals surface area contributed by atoms with Crippen LogP contribution in [0, 0.1) is 6.92 Å². The minimum absolute atomic E-state index is 0.243. The van der Waals surface area contributed by atoms with Gasteiger partial charge in [0, 0.05) is 18.2 Å². The number of methoxy groups -OCH3 is 3. The predicted octanol–water partition coefficient (Wildman–Crippen LogP) is 4.27. The number of likely N-dealkylation sites (tertiary alicyclic amines) is 1. The van der Waals surface area contributed by atoms with E-state index >= 15 is 0 Å². The highest BCUT2D eigenvalue weighted by Crippen LogP contribution is 2.38. The summed E-state index contributed by atoms with van der Waals surface area (Å²) < 4.78 is 16.0. The molecule has 2 amide bonds. The largest absolute Gasteiger partial charge is 0.493 e. The zero-order chi connectivity index (χ0) is 22.4. The maximum atomic E-state index is 12.9. The van der Waals surface area contributed by atoms with Crippen LogP contribution in [-0.2, 0) is 9.59 Å². The first-order valence-electron chi connectivity index (χ1n) is 10.1. The van der Waals surface area contributed by atoms with Gasteiger partial charge in [0.2, 0.25) is 5.75 Å². The fraction of sp³-hybridized carbons (Fsp3) is 0.280. The Kier molecular flexibility index (Phi) is 7.13. The summed E-state index contributed by atoms with van der Waals surface area (Å²) >= 11 is 0. The molecule has 0 aromatic heterocycles. The number of aryl methyl sites for hydroxylation is 1. The van der Waals surface area contributed by atoms with Crippen molar-refractivity contribution in [1.29, 1.82) is 0 Å². The van der Waals surface area contributed by atoms with Crippen LogP contribution in [0.1, 0.15) is 29.5 Å². The third kappa shape index (κ3) is 5.15. The number of nitrogens with zero attached hydrogens (tertiary/aromatic N) is 1. The molecule has 0 unspecified atom stereocenters. The molecule has 2 aromatic carbocycles. The number of hydrogen-bond acceptors (Lipinski definition) is 5. The Labute approximate surface area is 182 Å². The number of carbonyl (C=O) groups is 2. The minimum atomic E-state index is -0.353. The fourth-order valence-corrected chi connectivity index (χ4v) is 3.57. The topological polar surface area (TPSA) is 65.1 Å². The second-order valence-electron chi connectivity index (χ2n) is 7.27. The van der Waals surface area contributed by atoms with Gasteiger partial charge in [-0.3, -0.25) is 14.5 Å². The van der Waals surface area contributed by atoms with Crippen LogP contribution in [0.15, 0.2) is 48.0 Å². The van der Waals surface area contributed by atoms with Crippen molar-refractivity contribution in [3.05, 3.63) is 64.7 Å². The van der Waals surface area contributed by atoms with E-state index in [4.69, 9.17) is 14.2 Å². The Morgan fingerprint density at radius 3 is 2.32 bits per heavy atom. The monoisotopic (exact) mass is 421 g/mol. The molecular weight excluding hydrogens is 394 g/mol. The van der Waals surface area contributed by atoms with Crippen LogP contribution in [0.4, 0.5) is 0 Å². The van der Waals surface area contributed by atoms with E-state index in [1.54, 1.807) is 18.2 Å². The number of benzene rings is 2. The highest BCUT2D eigenvalue weighted by molar-refractivity contribution is 6.11. The molecule has 162 valence electrons. The Bertz CT molecular complexity index is 1010. The number of piperidine rings is 1. The van der Waals surface area contributed by atoms with Gasteiger partial charge in [0.15, 0.2) is 11.5 Å². The molecule has 1 heterocycles. The van der Waals surface area contributed by atoms with Gasteiger partial charge in [-0.25, -0.2) is 0 Å². The predicted molar refractivity (Wildman–Crippen MR) is 120 cm³/mol. The van der Waals surface area contributed by atoms with Crippen molar-refractivity contribution >= 4 is 24.0 Å². The van der Waals surface area contributed by atoms with Crippen molar-refractivity contribution < 1.29 is 23.8 Å². The highest BCUT2D eigenvalue weighted by atomic mass is 16.5. The number of imide groups is 1. The van der Waals surface area contributed by atoms with E-state index < -0.39 is 0 Å². The molecule has 2 aromatic rings. The number of amides is 2. The van der Waals surface area contributed by atoms with Crippen LogP contribution in [0.5, 0.6) is 17.2 Å². The fourth-order valence-electron chi connectivity index (χ4n) is 3.57. The molecule has 1 aliphatic rings. The third-order valence-corrected chi connectivity index (χ3v) is 5.10. The summed E-state index contributed by atoms with van der Waals surface area (Å²) in [7, 11) is 4.60. The van der Waals surface area contributed by atoms with Crippen LogP contribution in [0.25, 0.3) is 12.2 Å². The van der Waals surface area contributed by atoms with Gasteiger partial charge in [-0.05, 0) is 55.2 Å². The van der Waals surface area contributed by atoms with Gasteiger partial charge in [0.1, 0.15) is 0 Å². The lowest BCUT2D eigenvalue weighted by atomic mass is 10.00. The van der Waals surface area contributed by atoms with E-state index in [0.29, 0.717) is 41.4 Å². The molecule has 3 rings (SSSR count). The van der Waals surface area contributed by atoms with Gasteiger partial charge in [0.05, 0.1) is 21.3 Å². The number of carbonyl (C=O) groups excluding carboxylic acids is 2. The van der Waals surface area contributed by atoms with Crippen molar-refractivity contribution in [2.24, 2.45) is 0 Å². The highest BCUT2D eigenvalue weighted by Gasteiger charge is 2.27. The Balaban J connectivity index is 1.80. The summed E-state index contributed by atoms with van der Waals surface area (Å²) in [6.45, 7) is 2.41. The average molecular weight is 421 g/mol. The molecule has 0 bridgehead atoms. The number of ether oxygens (including phenoxy) is 3. The van der Waals surface area contributed by atoms with E-state index in [2.05, 4.69) is 0 Å². The quantitative estimate of drug-likeness (QED) is 0.652. The first-order chi connectivity index (χ1) is 15.0. The van der Waals surface area contributed by atoms with E-state index in [9.17, 15) is 9.59 Å². The lowest BCUT2D eigenvalue weighted by Gasteiger charge is -2.25. The normalized spacial score (nSPS) is 15.4. The van der Waals surface area contributed by atoms with Gasteiger partial charge < -0.3 is 14.2 Å². The molecule has 6 nitrogen and oxygen atoms in total. The summed E-state index contributed by atoms with van der Waals surface area (Å²) in [5, 5.41) is 0. The molecule has 0 saturated carbocycles. The van der Waals surface area contributed by atoms with Crippen LogP contribution in [-0.4, -0.2) is 44.6 Å². The zero-order valence-corrected chi connectivity index (χ0v) is 18.3. The van der Waals surface area contributed by atoms with Gasteiger partial charge in [-0.2, -0.15) is 0 Å². The maximum Gasteiger partial charge on any atom is 0.256 e. The molecule has 1 saturated heterocycles. The lowest BCUT2D eigenvalue weighted by molar-refractivity contribution is -0.140. The van der Waals surface area contributed by atoms with E-state index in [1.165, 1.54) is 32.3 Å². The first kappa shape index (κ1) is 22.2. The first-order valence-corrected chi connectivity index (χ1v) is 10.1. The molecular formula is C25H27NO5. The van der Waals surface area contributed by atoms with Crippen LogP contribution in [0.2, 0.25) is 0 Å². The minimum Gasteiger partial charge on any atom is -0.493 e. The van der Waals surface area contributed by atoms with E-state index in [0.717, 1.165) is 17.5 Å². The summed E-state index contributed by atoms with van der Waals surface area (Å²) in [4.78, 5) is 27.0. The molecule has 1 aliphatic heterocycles. The standard InChI is InChI=1S/C25H27NO5/c1-17-7-5-8-18(13-17)14-20-9-6-12-26(25(20)28)23(27)11-10-19-15-21(29-2)24(31-4)22(16-19)30-3/h5,7-8,10-11,13-16H,6,9,12H2,1-4H3/b11-10+,20-14+. The van der Waals surface area contributed by atoms with Crippen molar-refractivity contribution in [3.8, 4) is 17.2 Å². The SMILES string of the molecule is COc1cc(/C=C/C(=O)N2CCC/C(=C\c3cccc(C)c3)C2=O)cc(OC)c1OC. The maximum absolute atomic E-state index is 12.9. The van der Waals surface area contributed by atoms with Crippen LogP contribution < -0.4 is 14.2 Å². The number of hydrogen-bond donors (Lipinski definition) is 0. The Hall–Kier alpha value is -3.54. The second-order valence-corrected chi connectivity index (χ2v) is 7.27. The summed E-state index contributed by atoms with van der Waals surface area (Å²) in [6, 6.07) is 11.4. The summed E-state index contributed by atoms with van der Waals surface area (Å²) in [5.74, 6) is 0.865. The lowest BCUT2D eigenvalue weighted by Crippen LogP contribution is -2.40. The molecule has 0 aliphatic carbocycles. The summed E-state index contributed by atoms with van der Waals surface area (Å²) in [5.41, 5.74) is 3.43. The van der Waals surface area contributed by atoms with E-state index in [1.807, 2.05) is 37.3 Å². The van der Waals surface area contributed by atoms with Gasteiger partial charge in [0.25, 0.3) is 11.8 Å². The van der Waals surface area contributed by atoms with Crippen molar-refractivity contribution in [2.75, 3.05) is 27.9 Å². The zero-order valence-electron chi connectivity index (χ0n) is 18.3. The third-order valence-electron chi connectivity index (χ3n) is 5.10. The van der Waals surface area contributed by atoms with Crippen LogP contribution in [0.3, 0.4) is 0 Å². The van der Waals surface area contributed by atoms with Crippen molar-refractivity contribution in [2.45, 2.75) is 19.8 Å². The van der Waals surface area contributed by atoms with E-state index in [-0.39, 0.29) is 11.8 Å². The molecule has 1 fully saturated rings. The summed E-state index contributed by atoms with van der Waals surface area (Å²) in [6.07, 6.45) is 6.31. The Morgan fingerprint density at radius 1 is 1.00 bits per heavy atom. The van der Waals surface area contributed by atoms with Gasteiger partial charge in [-0.1, -0.05) is 29.8 Å². The number of rotatable bonds is 6. The second kappa shape index (κ2) is 9.98.